The molecular weight excluding hydrogens is 588 g/mol. The number of carbonyl (C=O) groups is 2. The number of esters is 1. The lowest BCUT2D eigenvalue weighted by Gasteiger charge is -2.26. The Hall–Kier alpha value is -5.10. The molecule has 0 unspecified atom stereocenters. The molecule has 0 amide bonds. The van der Waals surface area contributed by atoms with Crippen LogP contribution in [0, 0.1) is 6.92 Å². The molecule has 0 spiro atoms. The number of methoxy groups -OCH3 is 3. The average Bonchev–Trinajstić information content (AvgIpc) is 3.59. The second-order valence-electron chi connectivity index (χ2n) is 9.80. The Bertz CT molecular complexity index is 1970. The predicted octanol–water partition coefficient (Wildman–Crippen LogP) is 4.09. The first kappa shape index (κ1) is 30.4. The van der Waals surface area contributed by atoms with Crippen molar-refractivity contribution in [3.63, 3.8) is 0 Å². The van der Waals surface area contributed by atoms with Crippen molar-refractivity contribution < 1.29 is 38.1 Å². The van der Waals surface area contributed by atoms with Crippen LogP contribution in [0.5, 0.6) is 17.2 Å². The summed E-state index contributed by atoms with van der Waals surface area (Å²) < 4.78 is 29.8. The Balaban J connectivity index is 1.66. The van der Waals surface area contributed by atoms with Crippen LogP contribution in [-0.4, -0.2) is 49.5 Å². The molecule has 1 atom stereocenters. The first-order chi connectivity index (χ1) is 21.1. The third kappa shape index (κ3) is 5.39. The molecule has 3 heterocycles. The number of carboxylic acids is 1. The summed E-state index contributed by atoms with van der Waals surface area (Å²) in [6, 6.07) is 10.7. The van der Waals surface area contributed by atoms with Crippen LogP contribution >= 0.6 is 11.3 Å². The monoisotopic (exact) mass is 618 g/mol. The standard InChI is InChI=1S/C32H30N2O9S/c1-7-42-31(38)26-17(3)33-32-34(27(26)19-13-23(39-4)28(41-6)24(14-19)40-5)29(35)25(44-32)15-20-9-11-22(43-20)21-10-8-18(30(36)37)12-16(21)2/h8-15,27H,7H2,1-6H3,(H,36,37)/b25-15-/t27-/m0/s1. The summed E-state index contributed by atoms with van der Waals surface area (Å²) in [6.45, 7) is 5.35. The van der Waals surface area contributed by atoms with Gasteiger partial charge < -0.3 is 28.5 Å². The minimum Gasteiger partial charge on any atom is -0.493 e. The van der Waals surface area contributed by atoms with Gasteiger partial charge in [0, 0.05) is 11.6 Å². The number of aromatic carboxylic acids is 1. The average molecular weight is 619 g/mol. The predicted molar refractivity (Wildman–Crippen MR) is 162 cm³/mol. The molecule has 0 fully saturated rings. The summed E-state index contributed by atoms with van der Waals surface area (Å²) >= 11 is 1.16. The van der Waals surface area contributed by atoms with Crippen LogP contribution in [0.25, 0.3) is 17.4 Å². The summed E-state index contributed by atoms with van der Waals surface area (Å²) in [5.41, 5.74) is 2.41. The van der Waals surface area contributed by atoms with Gasteiger partial charge in [-0.2, -0.15) is 0 Å². The molecule has 0 radical (unpaired) electrons. The van der Waals surface area contributed by atoms with Gasteiger partial charge in [0.25, 0.3) is 5.56 Å². The van der Waals surface area contributed by atoms with Gasteiger partial charge in [-0.15, -0.1) is 0 Å². The Morgan fingerprint density at radius 3 is 2.34 bits per heavy atom. The lowest BCUT2D eigenvalue weighted by Crippen LogP contribution is -2.40. The quantitative estimate of drug-likeness (QED) is 0.275. The van der Waals surface area contributed by atoms with E-state index < -0.39 is 18.0 Å². The Morgan fingerprint density at radius 2 is 1.75 bits per heavy atom. The number of allylic oxidation sites excluding steroid dienone is 1. The van der Waals surface area contributed by atoms with E-state index in [1.54, 1.807) is 63.2 Å². The normalized spacial score (nSPS) is 14.6. The maximum absolute atomic E-state index is 14.0. The summed E-state index contributed by atoms with van der Waals surface area (Å²) in [6.07, 6.45) is 1.61. The highest BCUT2D eigenvalue weighted by atomic mass is 32.1. The molecule has 1 aliphatic heterocycles. The minimum absolute atomic E-state index is 0.140. The molecule has 0 aliphatic carbocycles. The van der Waals surface area contributed by atoms with Crippen molar-refractivity contribution in [2.75, 3.05) is 27.9 Å². The molecule has 2 aromatic carbocycles. The number of aryl methyl sites for hydroxylation is 1. The number of hydrogen-bond donors (Lipinski definition) is 1. The molecule has 11 nitrogen and oxygen atoms in total. The highest BCUT2D eigenvalue weighted by Crippen LogP contribution is 2.42. The number of hydrogen-bond acceptors (Lipinski definition) is 10. The van der Waals surface area contributed by atoms with Crippen LogP contribution in [0.1, 0.15) is 47.1 Å². The second kappa shape index (κ2) is 12.3. The highest BCUT2D eigenvalue weighted by Gasteiger charge is 2.34. The van der Waals surface area contributed by atoms with E-state index in [2.05, 4.69) is 4.99 Å². The third-order valence-corrected chi connectivity index (χ3v) is 8.14. The molecule has 0 saturated heterocycles. The van der Waals surface area contributed by atoms with Crippen molar-refractivity contribution in [1.82, 2.24) is 4.57 Å². The number of ether oxygens (including phenoxy) is 4. The van der Waals surface area contributed by atoms with E-state index in [0.29, 0.717) is 49.4 Å². The molecule has 1 aliphatic rings. The van der Waals surface area contributed by atoms with Gasteiger partial charge in [0.15, 0.2) is 16.3 Å². The van der Waals surface area contributed by atoms with Crippen LogP contribution < -0.4 is 29.1 Å². The number of carbonyl (C=O) groups excluding carboxylic acids is 1. The van der Waals surface area contributed by atoms with E-state index in [4.69, 9.17) is 23.4 Å². The second-order valence-corrected chi connectivity index (χ2v) is 10.8. The Morgan fingerprint density at radius 1 is 1.05 bits per heavy atom. The van der Waals surface area contributed by atoms with Crippen LogP contribution in [-0.2, 0) is 9.53 Å². The van der Waals surface area contributed by atoms with Gasteiger partial charge in [-0.25, -0.2) is 14.6 Å². The molecule has 0 saturated carbocycles. The topological polar surface area (TPSA) is 139 Å². The van der Waals surface area contributed by atoms with E-state index in [1.165, 1.54) is 32.0 Å². The van der Waals surface area contributed by atoms with Crippen molar-refractivity contribution in [3.8, 4) is 28.6 Å². The Kier molecular flexibility index (Phi) is 8.45. The molecule has 0 bridgehead atoms. The van der Waals surface area contributed by atoms with E-state index in [0.717, 1.165) is 22.5 Å². The summed E-state index contributed by atoms with van der Waals surface area (Å²) in [7, 11) is 4.46. The van der Waals surface area contributed by atoms with Crippen molar-refractivity contribution >= 4 is 29.4 Å². The number of furan rings is 1. The number of carboxylic acid groups (broad SMARTS) is 1. The van der Waals surface area contributed by atoms with Gasteiger partial charge in [-0.3, -0.25) is 9.36 Å². The largest absolute Gasteiger partial charge is 0.493 e. The van der Waals surface area contributed by atoms with Gasteiger partial charge in [0.05, 0.1) is 55.3 Å². The summed E-state index contributed by atoms with van der Waals surface area (Å²) in [4.78, 5) is 43.6. The van der Waals surface area contributed by atoms with Gasteiger partial charge in [0.2, 0.25) is 5.75 Å². The van der Waals surface area contributed by atoms with Crippen molar-refractivity contribution in [2.45, 2.75) is 26.8 Å². The lowest BCUT2D eigenvalue weighted by molar-refractivity contribution is -0.139. The number of benzene rings is 2. The van der Waals surface area contributed by atoms with E-state index >= 15 is 0 Å². The minimum atomic E-state index is -1.01. The maximum Gasteiger partial charge on any atom is 0.338 e. The van der Waals surface area contributed by atoms with Gasteiger partial charge >= 0.3 is 11.9 Å². The van der Waals surface area contributed by atoms with Crippen LogP contribution in [0.3, 0.4) is 0 Å². The summed E-state index contributed by atoms with van der Waals surface area (Å²) in [5, 5.41) is 9.28. The van der Waals surface area contributed by atoms with E-state index in [-0.39, 0.29) is 23.3 Å². The fraction of sp³-hybridized carbons (Fsp3) is 0.250. The third-order valence-electron chi connectivity index (χ3n) is 7.16. The molecule has 5 rings (SSSR count). The zero-order valence-electron chi connectivity index (χ0n) is 24.9. The molecule has 12 heteroatoms. The van der Waals surface area contributed by atoms with Crippen LogP contribution in [0.2, 0.25) is 0 Å². The molecular formula is C32H30N2O9S. The number of rotatable bonds is 9. The number of nitrogens with zero attached hydrogens (tertiary/aromatic N) is 2. The first-order valence-electron chi connectivity index (χ1n) is 13.6. The van der Waals surface area contributed by atoms with Crippen LogP contribution in [0.15, 0.2) is 67.9 Å². The molecule has 2 aromatic heterocycles. The van der Waals surface area contributed by atoms with Crippen molar-refractivity contribution in [1.29, 1.82) is 0 Å². The number of aromatic nitrogens is 1. The summed E-state index contributed by atoms with van der Waals surface area (Å²) in [5.74, 6) is 0.411. The zero-order chi connectivity index (χ0) is 31.7. The van der Waals surface area contributed by atoms with Gasteiger partial charge in [0.1, 0.15) is 11.5 Å². The van der Waals surface area contributed by atoms with Crippen molar-refractivity contribution in [3.05, 3.63) is 95.9 Å². The SMILES string of the molecule is CCOC(=O)C1=C(C)N=c2s/c(=C\c3ccc(-c4ccc(C(=O)O)cc4C)o3)c(=O)n2[C@H]1c1cc(OC)c(OC)c(OC)c1. The fourth-order valence-corrected chi connectivity index (χ4v) is 6.17. The van der Waals surface area contributed by atoms with Crippen molar-refractivity contribution in [2.24, 2.45) is 4.99 Å². The van der Waals surface area contributed by atoms with Gasteiger partial charge in [-0.1, -0.05) is 17.4 Å². The maximum atomic E-state index is 14.0. The van der Waals surface area contributed by atoms with Crippen LogP contribution in [0.4, 0.5) is 0 Å². The first-order valence-corrected chi connectivity index (χ1v) is 14.4. The smallest absolute Gasteiger partial charge is 0.338 e. The number of fused-ring (bicyclic) bond motifs is 1. The number of thiazole rings is 1. The molecule has 44 heavy (non-hydrogen) atoms. The molecule has 4 aromatic rings. The fourth-order valence-electron chi connectivity index (χ4n) is 5.14. The zero-order valence-corrected chi connectivity index (χ0v) is 25.7. The lowest BCUT2D eigenvalue weighted by atomic mass is 9.95. The van der Waals surface area contributed by atoms with E-state index in [9.17, 15) is 19.5 Å². The van der Waals surface area contributed by atoms with Gasteiger partial charge in [-0.05, 0) is 68.3 Å². The molecule has 228 valence electrons. The highest BCUT2D eigenvalue weighted by molar-refractivity contribution is 7.07. The Labute approximate surface area is 255 Å². The van der Waals surface area contributed by atoms with E-state index in [1.807, 2.05) is 0 Å². The molecule has 1 N–H and O–H groups in total.